The van der Waals surface area contributed by atoms with Crippen LogP contribution >= 0.6 is 0 Å². The van der Waals surface area contributed by atoms with Crippen LogP contribution in [0.25, 0.3) is 22.6 Å². The number of carbonyl (C=O) groups excluding carboxylic acids is 2. The molecule has 0 aromatic carbocycles. The molecule has 3 N–H and O–H groups in total. The van der Waals surface area contributed by atoms with Crippen molar-refractivity contribution in [1.29, 1.82) is 0 Å². The number of nitrogens with zero attached hydrogens (tertiary/aromatic N) is 3. The highest BCUT2D eigenvalue weighted by Crippen LogP contribution is 2.34. The highest BCUT2D eigenvalue weighted by Gasteiger charge is 2.31. The van der Waals surface area contributed by atoms with Crippen LogP contribution in [-0.4, -0.2) is 57.8 Å². The number of hydrogen-bond acceptors (Lipinski definition) is 6. The number of fused-ring (bicyclic) bond motifs is 1. The average Bonchev–Trinajstić information content (AvgIpc) is 3.53. The number of ether oxygens (including phenoxy) is 2. The van der Waals surface area contributed by atoms with Crippen molar-refractivity contribution in [1.82, 2.24) is 24.8 Å². The average molecular weight is 583 g/mol. The summed E-state index contributed by atoms with van der Waals surface area (Å²) in [7, 11) is -1.21. The van der Waals surface area contributed by atoms with Gasteiger partial charge in [-0.25, -0.2) is 14.8 Å². The number of H-pyrrole nitrogens is 1. The summed E-state index contributed by atoms with van der Waals surface area (Å²) >= 11 is 0. The third kappa shape index (κ3) is 8.42. The Hall–Kier alpha value is -3.18. The zero-order valence-electron chi connectivity index (χ0n) is 25.5. The molecule has 224 valence electrons. The van der Waals surface area contributed by atoms with Crippen LogP contribution in [0.4, 0.5) is 10.5 Å². The minimum absolute atomic E-state index is 0.0126. The minimum Gasteiger partial charge on any atom is -0.444 e. The normalized spacial score (nSPS) is 18.7. The number of anilines is 1. The van der Waals surface area contributed by atoms with E-state index in [0.29, 0.717) is 19.3 Å². The summed E-state index contributed by atoms with van der Waals surface area (Å²) in [5.41, 5.74) is 1.81. The molecule has 0 bridgehead atoms. The van der Waals surface area contributed by atoms with E-state index in [9.17, 15) is 9.59 Å². The number of amides is 2. The van der Waals surface area contributed by atoms with Crippen molar-refractivity contribution in [3.8, 4) is 11.5 Å². The molecule has 1 atom stereocenters. The summed E-state index contributed by atoms with van der Waals surface area (Å²) in [6.45, 7) is 15.6. The number of nitrogens with one attached hydrogen (secondary N) is 3. The van der Waals surface area contributed by atoms with Crippen molar-refractivity contribution in [3.63, 3.8) is 0 Å². The molecule has 0 aliphatic heterocycles. The summed E-state index contributed by atoms with van der Waals surface area (Å²) in [6.07, 6.45) is 8.13. The first-order chi connectivity index (χ1) is 19.3. The zero-order chi connectivity index (χ0) is 29.8. The number of rotatable bonds is 10. The van der Waals surface area contributed by atoms with Crippen LogP contribution in [0, 0.1) is 11.8 Å². The van der Waals surface area contributed by atoms with Crippen molar-refractivity contribution in [3.05, 3.63) is 30.7 Å². The molecule has 1 aliphatic carbocycles. The number of aromatic nitrogens is 4. The smallest absolute Gasteiger partial charge is 0.407 e. The fraction of sp³-hybridized carbons (Fsp3) is 0.600. The molecule has 1 aliphatic rings. The molecule has 3 aromatic heterocycles. The number of alkyl carbamates (subject to hydrolysis) is 1. The maximum absolute atomic E-state index is 13.4. The lowest BCUT2D eigenvalue weighted by Gasteiger charge is -2.32. The van der Waals surface area contributed by atoms with E-state index in [-0.39, 0.29) is 17.9 Å². The van der Waals surface area contributed by atoms with Crippen LogP contribution < -0.4 is 10.6 Å². The Labute approximate surface area is 244 Å². The van der Waals surface area contributed by atoms with Crippen molar-refractivity contribution in [2.24, 2.45) is 11.8 Å². The van der Waals surface area contributed by atoms with E-state index in [4.69, 9.17) is 9.47 Å². The van der Waals surface area contributed by atoms with E-state index < -0.39 is 19.8 Å². The summed E-state index contributed by atoms with van der Waals surface area (Å²) in [5.74, 6) is 0.966. The van der Waals surface area contributed by atoms with E-state index in [1.165, 1.54) is 0 Å². The third-order valence-corrected chi connectivity index (χ3v) is 9.31. The molecule has 1 fully saturated rings. The number of pyridine rings is 1. The van der Waals surface area contributed by atoms with Gasteiger partial charge in [0.2, 0.25) is 5.91 Å². The number of imidazole rings is 1. The largest absolute Gasteiger partial charge is 0.444 e. The fourth-order valence-corrected chi connectivity index (χ4v) is 6.01. The monoisotopic (exact) mass is 582 g/mol. The van der Waals surface area contributed by atoms with Crippen molar-refractivity contribution in [2.45, 2.75) is 97.4 Å². The Morgan fingerprint density at radius 2 is 1.88 bits per heavy atom. The third-order valence-electron chi connectivity index (χ3n) is 7.61. The van der Waals surface area contributed by atoms with Crippen LogP contribution in [0.3, 0.4) is 0 Å². The SMILES string of the molecule is CC(NC(=O)OC(C)(C)C)C1CCC(C(=O)Nc2ccnc3c2cc(-c2ncc[nH]2)n3COCC[Si](C)(C)C)CC1. The quantitative estimate of drug-likeness (QED) is 0.188. The predicted octanol–water partition coefficient (Wildman–Crippen LogP) is 6.40. The molecule has 0 radical (unpaired) electrons. The first-order valence-electron chi connectivity index (χ1n) is 14.7. The van der Waals surface area contributed by atoms with Crippen LogP contribution in [0.2, 0.25) is 25.7 Å². The maximum atomic E-state index is 13.4. The van der Waals surface area contributed by atoms with E-state index in [1.807, 2.05) is 44.4 Å². The van der Waals surface area contributed by atoms with E-state index in [2.05, 4.69) is 45.2 Å². The molecule has 0 saturated heterocycles. The lowest BCUT2D eigenvalue weighted by atomic mass is 9.78. The molecular formula is C30H46N6O4Si. The van der Waals surface area contributed by atoms with Gasteiger partial charge in [-0.05, 0) is 77.5 Å². The summed E-state index contributed by atoms with van der Waals surface area (Å²) in [6, 6.07) is 4.93. The molecule has 4 rings (SSSR count). The lowest BCUT2D eigenvalue weighted by molar-refractivity contribution is -0.121. The summed E-state index contributed by atoms with van der Waals surface area (Å²) in [5, 5.41) is 7.00. The number of carbonyl (C=O) groups is 2. The maximum Gasteiger partial charge on any atom is 0.407 e. The van der Waals surface area contributed by atoms with Crippen LogP contribution in [0.15, 0.2) is 30.7 Å². The lowest BCUT2D eigenvalue weighted by Crippen LogP contribution is -2.42. The highest BCUT2D eigenvalue weighted by atomic mass is 28.3. The molecule has 2 amide bonds. The Balaban J connectivity index is 1.42. The Kier molecular flexibility index (Phi) is 9.58. The summed E-state index contributed by atoms with van der Waals surface area (Å²) < 4.78 is 13.5. The van der Waals surface area contributed by atoms with Gasteiger partial charge in [0, 0.05) is 50.6 Å². The van der Waals surface area contributed by atoms with Gasteiger partial charge in [-0.1, -0.05) is 19.6 Å². The van der Waals surface area contributed by atoms with Gasteiger partial charge in [-0.2, -0.15) is 0 Å². The topological polar surface area (TPSA) is 123 Å². The molecule has 3 aromatic rings. The number of hydrogen-bond donors (Lipinski definition) is 3. The summed E-state index contributed by atoms with van der Waals surface area (Å²) in [4.78, 5) is 37.9. The zero-order valence-corrected chi connectivity index (χ0v) is 26.5. The fourth-order valence-electron chi connectivity index (χ4n) is 5.25. The van der Waals surface area contributed by atoms with Gasteiger partial charge in [0.05, 0.1) is 11.4 Å². The first kappa shape index (κ1) is 30.8. The standard InChI is InChI=1S/C30H46N6O4Si/c1-20(34-29(38)40-30(2,3)4)21-8-10-22(11-9-21)28(37)35-24-12-13-33-27-23(24)18-25(26-31-14-15-32-26)36(27)19-39-16-17-41(5,6)7/h12-15,18,20-22H,8-11,16-17,19H2,1-7H3,(H,31,32)(H,34,38)(H,33,35,37). The molecule has 10 nitrogen and oxygen atoms in total. The molecule has 11 heteroatoms. The van der Waals surface area contributed by atoms with Gasteiger partial charge < -0.3 is 25.1 Å². The second-order valence-corrected chi connectivity index (χ2v) is 19.0. The molecular weight excluding hydrogens is 536 g/mol. The highest BCUT2D eigenvalue weighted by molar-refractivity contribution is 6.76. The van der Waals surface area contributed by atoms with Gasteiger partial charge in [0.15, 0.2) is 5.82 Å². The Morgan fingerprint density at radius 1 is 1.15 bits per heavy atom. The first-order valence-corrected chi connectivity index (χ1v) is 18.4. The van der Waals surface area contributed by atoms with Crippen LogP contribution in [0.5, 0.6) is 0 Å². The molecule has 41 heavy (non-hydrogen) atoms. The van der Waals surface area contributed by atoms with Crippen molar-refractivity contribution in [2.75, 3.05) is 11.9 Å². The van der Waals surface area contributed by atoms with Crippen LogP contribution in [-0.2, 0) is 21.0 Å². The molecule has 1 unspecified atom stereocenters. The van der Waals surface area contributed by atoms with E-state index >= 15 is 0 Å². The Morgan fingerprint density at radius 3 is 2.51 bits per heavy atom. The van der Waals surface area contributed by atoms with E-state index in [1.54, 1.807) is 18.6 Å². The number of aromatic amines is 1. The second-order valence-electron chi connectivity index (χ2n) is 13.4. The Bertz CT molecular complexity index is 1320. The van der Waals surface area contributed by atoms with Crippen LogP contribution in [0.1, 0.15) is 53.4 Å². The van der Waals surface area contributed by atoms with Gasteiger partial charge in [0.1, 0.15) is 18.0 Å². The molecule has 0 spiro atoms. The van der Waals surface area contributed by atoms with Gasteiger partial charge in [-0.15, -0.1) is 0 Å². The second kappa shape index (κ2) is 12.8. The van der Waals surface area contributed by atoms with E-state index in [0.717, 1.165) is 60.0 Å². The minimum atomic E-state index is -1.21. The predicted molar refractivity (Wildman–Crippen MR) is 164 cm³/mol. The van der Waals surface area contributed by atoms with Gasteiger partial charge in [-0.3, -0.25) is 9.36 Å². The van der Waals surface area contributed by atoms with Gasteiger partial charge in [0.25, 0.3) is 0 Å². The van der Waals surface area contributed by atoms with Crippen molar-refractivity contribution < 1.29 is 19.1 Å². The molecule has 1 saturated carbocycles. The van der Waals surface area contributed by atoms with Gasteiger partial charge >= 0.3 is 6.09 Å². The molecule has 3 heterocycles. The van der Waals surface area contributed by atoms with Crippen molar-refractivity contribution >= 4 is 36.8 Å².